The van der Waals surface area contributed by atoms with Crippen LogP contribution in [0.2, 0.25) is 0 Å². The summed E-state index contributed by atoms with van der Waals surface area (Å²) >= 11 is 3.37. The second kappa shape index (κ2) is 13.2. The van der Waals surface area contributed by atoms with Crippen molar-refractivity contribution in [2.45, 2.75) is 76.0 Å². The zero-order valence-corrected chi connectivity index (χ0v) is 33.3. The van der Waals surface area contributed by atoms with E-state index in [-0.39, 0.29) is 50.9 Å². The van der Waals surface area contributed by atoms with Crippen molar-refractivity contribution in [1.29, 1.82) is 0 Å². The van der Waals surface area contributed by atoms with E-state index in [0.29, 0.717) is 16.1 Å². The van der Waals surface area contributed by atoms with Crippen molar-refractivity contribution in [2.24, 2.45) is 10.8 Å². The van der Waals surface area contributed by atoms with Crippen LogP contribution in [0, 0.1) is 34.1 Å². The number of carboxylic acids is 1. The first-order valence-corrected chi connectivity index (χ1v) is 19.6. The summed E-state index contributed by atoms with van der Waals surface area (Å²) in [6, 6.07) is 13.0. The lowest BCUT2D eigenvalue weighted by atomic mass is 9.66. The quantitative estimate of drug-likeness (QED) is 0.132. The first-order chi connectivity index (χ1) is 27.6. The van der Waals surface area contributed by atoms with Crippen LogP contribution in [0.5, 0.6) is 0 Å². The van der Waals surface area contributed by atoms with E-state index in [9.17, 15) is 27.5 Å². The first kappa shape index (κ1) is 38.0. The summed E-state index contributed by atoms with van der Waals surface area (Å²) in [4.78, 5) is 28.7. The Morgan fingerprint density at radius 3 is 1.64 bits per heavy atom. The molecule has 2 saturated carbocycles. The van der Waals surface area contributed by atoms with Gasteiger partial charge in [0.2, 0.25) is 0 Å². The van der Waals surface area contributed by atoms with Gasteiger partial charge >= 0.3 is 5.97 Å². The minimum absolute atomic E-state index is 0.0758. The molecule has 0 aliphatic heterocycles. The van der Waals surface area contributed by atoms with E-state index < -0.39 is 40.1 Å². The molecule has 1 N–H and O–H groups in total. The van der Waals surface area contributed by atoms with Gasteiger partial charge in [0.05, 0.1) is 62.3 Å². The Morgan fingerprint density at radius 2 is 1.17 bits per heavy atom. The number of carbonyl (C=O) groups is 1. The minimum atomic E-state index is -1.15. The molecule has 10 nitrogen and oxygen atoms in total. The molecule has 4 aliphatic carbocycles. The van der Waals surface area contributed by atoms with Crippen LogP contribution in [0.15, 0.2) is 77.9 Å². The summed E-state index contributed by atoms with van der Waals surface area (Å²) in [7, 11) is 0. The highest BCUT2D eigenvalue weighted by Crippen LogP contribution is 2.70. The monoisotopic (exact) mass is 850 g/mol. The molecule has 15 heteroatoms. The number of rotatable bonds is 5. The lowest BCUT2D eigenvalue weighted by Gasteiger charge is -2.37. The summed E-state index contributed by atoms with van der Waals surface area (Å²) in [5, 5.41) is 26.7. The van der Waals surface area contributed by atoms with Gasteiger partial charge in [-0.1, -0.05) is 39.8 Å². The van der Waals surface area contributed by atoms with E-state index in [2.05, 4.69) is 84.0 Å². The molecule has 4 aliphatic rings. The first-order valence-electron chi connectivity index (χ1n) is 18.8. The van der Waals surface area contributed by atoms with E-state index in [1.165, 1.54) is 42.6 Å². The molecule has 4 aromatic heterocycles. The molecular weight excluding hydrogens is 816 g/mol. The van der Waals surface area contributed by atoms with Crippen molar-refractivity contribution in [3.63, 3.8) is 0 Å². The Morgan fingerprint density at radius 1 is 0.690 bits per heavy atom. The molecule has 4 bridgehead atoms. The van der Waals surface area contributed by atoms with Crippen molar-refractivity contribution in [3.05, 3.63) is 141 Å². The van der Waals surface area contributed by atoms with E-state index in [1.807, 2.05) is 12.1 Å². The molecule has 6 aromatic rings. The molecule has 10 rings (SSSR count). The van der Waals surface area contributed by atoms with Crippen molar-refractivity contribution >= 4 is 21.9 Å². The van der Waals surface area contributed by atoms with Gasteiger partial charge in [0.25, 0.3) is 0 Å². The maximum atomic E-state index is 14.3. The largest absolute Gasteiger partial charge is 0.476 e. The molecule has 294 valence electrons. The Labute approximate surface area is 338 Å². The van der Waals surface area contributed by atoms with Crippen LogP contribution in [0.25, 0.3) is 22.5 Å². The molecule has 4 atom stereocenters. The van der Waals surface area contributed by atoms with Crippen molar-refractivity contribution < 1.29 is 27.5 Å². The molecule has 2 aromatic carbocycles. The molecule has 4 heterocycles. The van der Waals surface area contributed by atoms with Crippen LogP contribution >= 0.6 is 15.9 Å². The van der Waals surface area contributed by atoms with Gasteiger partial charge in [0, 0.05) is 12.4 Å². The molecule has 0 saturated heterocycles. The molecule has 2 fully saturated rings. The molecule has 0 amide bonds. The third-order valence-electron chi connectivity index (χ3n) is 13.6. The number of halogens is 5. The maximum Gasteiger partial charge on any atom is 0.356 e. The standard InChI is InChI=1S/C22H18F2N4O2.C21H17BrF2N4/c1-21(2)12-6-7-22(21,17-10-25-9-16(26-17)20(29)30)19-11(12)8-15(27-28-19)18-13(23)4-3-5-14(18)24;1-20(2)12-6-8-21(20,16-7-9-25-19(22)26-16)18-11(12)10-15(27-28-18)17-13(23)4-3-5-14(17)24/h3-5,8-10,12H,6-7H2,1-2H3,(H,29,30);3-5,7,9-10,12H,6,8H2,1-2H3/t12-,22-;12-,21-/m00/s1. The van der Waals surface area contributed by atoms with Crippen LogP contribution < -0.4 is 0 Å². The van der Waals surface area contributed by atoms with Gasteiger partial charge < -0.3 is 5.11 Å². The molecule has 0 radical (unpaired) electrons. The second-order valence-corrected chi connectivity index (χ2v) is 17.2. The van der Waals surface area contributed by atoms with Crippen LogP contribution in [0.1, 0.15) is 110 Å². The van der Waals surface area contributed by atoms with Gasteiger partial charge in [-0.3, -0.25) is 4.98 Å². The topological polar surface area (TPSA) is 140 Å². The van der Waals surface area contributed by atoms with Crippen LogP contribution in [0.4, 0.5) is 17.6 Å². The third-order valence-corrected chi connectivity index (χ3v) is 13.9. The summed E-state index contributed by atoms with van der Waals surface area (Å²) in [6.45, 7) is 8.60. The summed E-state index contributed by atoms with van der Waals surface area (Å²) < 4.78 is 57.7. The Hall–Kier alpha value is -5.57. The predicted octanol–water partition coefficient (Wildman–Crippen LogP) is 9.29. The molecule has 0 unspecified atom stereocenters. The van der Waals surface area contributed by atoms with Crippen molar-refractivity contribution in [1.82, 2.24) is 40.3 Å². The third kappa shape index (κ3) is 5.17. The number of aromatic nitrogens is 8. The van der Waals surface area contributed by atoms with Gasteiger partial charge in [-0.15, -0.1) is 10.2 Å². The smallest absolute Gasteiger partial charge is 0.356 e. The van der Waals surface area contributed by atoms with Crippen LogP contribution in [-0.2, 0) is 10.8 Å². The average molecular weight is 852 g/mol. The number of fused-ring (bicyclic) bond motifs is 10. The number of nitrogens with zero attached hydrogens (tertiary/aromatic N) is 8. The second-order valence-electron chi connectivity index (χ2n) is 16.5. The van der Waals surface area contributed by atoms with Crippen LogP contribution in [0.3, 0.4) is 0 Å². The zero-order chi connectivity index (χ0) is 40.9. The summed E-state index contributed by atoms with van der Waals surface area (Å²) in [5.41, 5.74) is 3.24. The van der Waals surface area contributed by atoms with E-state index in [1.54, 1.807) is 18.5 Å². The highest BCUT2D eigenvalue weighted by Gasteiger charge is 2.66. The molecule has 58 heavy (non-hydrogen) atoms. The number of aromatic carboxylic acids is 1. The van der Waals surface area contributed by atoms with E-state index in [0.717, 1.165) is 48.2 Å². The van der Waals surface area contributed by atoms with Gasteiger partial charge in [-0.25, -0.2) is 37.3 Å². The predicted molar refractivity (Wildman–Crippen MR) is 207 cm³/mol. The lowest BCUT2D eigenvalue weighted by Crippen LogP contribution is -2.38. The Balaban J connectivity index is 0.000000151. The van der Waals surface area contributed by atoms with E-state index in [4.69, 9.17) is 0 Å². The Bertz CT molecular complexity index is 2660. The van der Waals surface area contributed by atoms with Crippen molar-refractivity contribution in [3.8, 4) is 22.5 Å². The fourth-order valence-electron chi connectivity index (χ4n) is 10.8. The average Bonchev–Trinajstić information content (AvgIpc) is 3.77. The zero-order valence-electron chi connectivity index (χ0n) is 31.7. The normalized spacial score (nSPS) is 23.9. The van der Waals surface area contributed by atoms with E-state index >= 15 is 0 Å². The van der Waals surface area contributed by atoms with Crippen LogP contribution in [-0.4, -0.2) is 51.4 Å². The lowest BCUT2D eigenvalue weighted by molar-refractivity contribution is 0.0688. The fraction of sp³-hybridized carbons (Fsp3) is 0.326. The highest BCUT2D eigenvalue weighted by atomic mass is 79.9. The van der Waals surface area contributed by atoms with Gasteiger partial charge in [-0.05, 0) is 118 Å². The Kier molecular flexibility index (Phi) is 8.66. The SMILES string of the molecule is CC1(C)[C@H]2CC[C@]1(c1ccnc(Br)n1)c1nnc(-c3c(F)cccc3F)cc12.CC1(C)[C@H]2CC[C@]1(c1cncc(C(=O)O)n1)c1nnc(-c3c(F)cccc3F)cc12. The molecule has 0 spiro atoms. The number of carboxylic acid groups (broad SMARTS) is 1. The van der Waals surface area contributed by atoms with Gasteiger partial charge in [0.15, 0.2) is 10.4 Å². The van der Waals surface area contributed by atoms with Gasteiger partial charge in [-0.2, -0.15) is 10.2 Å². The number of benzene rings is 2. The van der Waals surface area contributed by atoms with Gasteiger partial charge in [0.1, 0.15) is 23.3 Å². The highest BCUT2D eigenvalue weighted by molar-refractivity contribution is 9.10. The number of hydrogen-bond acceptors (Lipinski definition) is 9. The fourth-order valence-corrected chi connectivity index (χ4v) is 11.1. The summed E-state index contributed by atoms with van der Waals surface area (Å²) in [6.07, 6.45) is 7.95. The molecular formula is C43H35BrF4N8O2. The minimum Gasteiger partial charge on any atom is -0.476 e. The summed E-state index contributed by atoms with van der Waals surface area (Å²) in [5.74, 6) is -3.50. The maximum absolute atomic E-state index is 14.3. The van der Waals surface area contributed by atoms with Crippen molar-refractivity contribution in [2.75, 3.05) is 0 Å². The number of hydrogen-bond donors (Lipinski definition) is 1.